The topological polar surface area (TPSA) is 51.8 Å². The number of hydrogen-bond donors (Lipinski definition) is 1. The second kappa shape index (κ2) is 4.47. The van der Waals surface area contributed by atoms with Crippen LogP contribution in [0, 0.1) is 12.7 Å². The number of aromatic nitrogens is 2. The van der Waals surface area contributed by atoms with E-state index in [4.69, 9.17) is 5.73 Å². The Balaban J connectivity index is 2.78. The van der Waals surface area contributed by atoms with Gasteiger partial charge in [0.25, 0.3) is 0 Å². The Bertz CT molecular complexity index is 540. The third-order valence-corrected chi connectivity index (χ3v) is 3.75. The normalized spacial score (nSPS) is 10.9. The van der Waals surface area contributed by atoms with Crippen LogP contribution in [0.5, 0.6) is 0 Å². The van der Waals surface area contributed by atoms with Crippen molar-refractivity contribution in [2.45, 2.75) is 11.8 Å². The average Bonchev–Trinajstić information content (AvgIpc) is 2.15. The van der Waals surface area contributed by atoms with Crippen molar-refractivity contribution in [3.8, 4) is 0 Å². The summed E-state index contributed by atoms with van der Waals surface area (Å²) in [6, 6.07) is 2.84. The van der Waals surface area contributed by atoms with Crippen molar-refractivity contribution in [3.63, 3.8) is 0 Å². The number of benzene rings is 1. The fourth-order valence-corrected chi connectivity index (χ4v) is 3.06. The molecule has 0 atom stereocenters. The first-order chi connectivity index (χ1) is 7.61. The van der Waals surface area contributed by atoms with Crippen LogP contribution in [0.4, 0.5) is 10.2 Å². The molecule has 0 unspecified atom stereocenters. The van der Waals surface area contributed by atoms with E-state index in [0.29, 0.717) is 17.2 Å². The molecule has 2 rings (SSSR count). The van der Waals surface area contributed by atoms with Crippen LogP contribution in [0.15, 0.2) is 17.0 Å². The smallest absolute Gasteiger partial charge is 0.136 e. The van der Waals surface area contributed by atoms with Crippen LogP contribution in [0.1, 0.15) is 5.82 Å². The van der Waals surface area contributed by atoms with Crippen LogP contribution in [0.3, 0.4) is 0 Å². The summed E-state index contributed by atoms with van der Waals surface area (Å²) in [7, 11) is 2.99. The van der Waals surface area contributed by atoms with Crippen molar-refractivity contribution in [2.75, 3.05) is 12.0 Å². The molecule has 16 heavy (non-hydrogen) atoms. The molecule has 2 N–H and O–H groups in total. The summed E-state index contributed by atoms with van der Waals surface area (Å²) in [5.74, 6) is 0.649. The third kappa shape index (κ3) is 2.08. The lowest BCUT2D eigenvalue weighted by atomic mass is 10.2. The minimum Gasteiger partial charge on any atom is -0.383 e. The van der Waals surface area contributed by atoms with Gasteiger partial charge in [0.05, 0.1) is 10.9 Å². The summed E-state index contributed by atoms with van der Waals surface area (Å²) < 4.78 is 13.4. The maximum Gasteiger partial charge on any atom is 0.136 e. The molecule has 6 heteroatoms. The number of nitrogens with two attached hydrogens (primary N) is 1. The summed E-state index contributed by atoms with van der Waals surface area (Å²) in [4.78, 5) is 9.05. The molecule has 2 aromatic rings. The van der Waals surface area contributed by atoms with Gasteiger partial charge in [-0.1, -0.05) is 21.6 Å². The number of halogens is 1. The Hall–Kier alpha value is -1.01. The number of hydrogen-bond acceptors (Lipinski definition) is 5. The minimum atomic E-state index is -0.304. The molecule has 0 saturated heterocycles. The van der Waals surface area contributed by atoms with E-state index in [1.165, 1.54) is 33.7 Å². The van der Waals surface area contributed by atoms with E-state index >= 15 is 0 Å². The molecule has 0 amide bonds. The highest BCUT2D eigenvalue weighted by Crippen LogP contribution is 2.36. The summed E-state index contributed by atoms with van der Waals surface area (Å²) in [6.07, 6.45) is 1.92. The molecule has 3 nitrogen and oxygen atoms in total. The van der Waals surface area contributed by atoms with E-state index in [1.54, 1.807) is 6.92 Å². The van der Waals surface area contributed by atoms with Gasteiger partial charge >= 0.3 is 0 Å². The number of rotatable bonds is 2. The van der Waals surface area contributed by atoms with Gasteiger partial charge in [-0.05, 0) is 19.2 Å². The van der Waals surface area contributed by atoms with Crippen LogP contribution < -0.4 is 5.73 Å². The highest BCUT2D eigenvalue weighted by atomic mass is 33.1. The van der Waals surface area contributed by atoms with Crippen molar-refractivity contribution >= 4 is 38.3 Å². The second-order valence-corrected chi connectivity index (χ2v) is 5.64. The van der Waals surface area contributed by atoms with E-state index < -0.39 is 0 Å². The molecule has 84 valence electrons. The molecule has 1 aromatic carbocycles. The lowest BCUT2D eigenvalue weighted by Crippen LogP contribution is -1.98. The molecule has 0 spiro atoms. The maximum absolute atomic E-state index is 13.4. The van der Waals surface area contributed by atoms with E-state index in [2.05, 4.69) is 9.97 Å². The lowest BCUT2D eigenvalue weighted by molar-refractivity contribution is 0.626. The van der Waals surface area contributed by atoms with Gasteiger partial charge in [-0.15, -0.1) is 0 Å². The third-order valence-electron chi connectivity index (χ3n) is 2.04. The Morgan fingerprint density at radius 3 is 2.75 bits per heavy atom. The number of fused-ring (bicyclic) bond motifs is 1. The van der Waals surface area contributed by atoms with Gasteiger partial charge in [0.1, 0.15) is 17.5 Å². The summed E-state index contributed by atoms with van der Waals surface area (Å²) in [5.41, 5.74) is 6.40. The first-order valence-electron chi connectivity index (χ1n) is 4.56. The lowest BCUT2D eigenvalue weighted by Gasteiger charge is -2.07. The van der Waals surface area contributed by atoms with E-state index in [0.717, 1.165) is 10.3 Å². The van der Waals surface area contributed by atoms with Crippen LogP contribution in [-0.4, -0.2) is 16.2 Å². The summed E-state index contributed by atoms with van der Waals surface area (Å²) in [6.45, 7) is 1.74. The SMILES string of the molecule is CSSc1cc(F)cc2nc(C)nc(N)c12. The summed E-state index contributed by atoms with van der Waals surface area (Å²) >= 11 is 0. The zero-order valence-electron chi connectivity index (χ0n) is 8.82. The highest BCUT2D eigenvalue weighted by molar-refractivity contribution is 8.76. The van der Waals surface area contributed by atoms with Gasteiger partial charge in [0.2, 0.25) is 0 Å². The van der Waals surface area contributed by atoms with Crippen molar-refractivity contribution in [1.29, 1.82) is 0 Å². The molecule has 0 aliphatic carbocycles. The highest BCUT2D eigenvalue weighted by Gasteiger charge is 2.10. The van der Waals surface area contributed by atoms with E-state index in [1.807, 2.05) is 6.26 Å². The van der Waals surface area contributed by atoms with Gasteiger partial charge in [0, 0.05) is 11.0 Å². The van der Waals surface area contributed by atoms with Gasteiger partial charge in [-0.2, -0.15) is 0 Å². The van der Waals surface area contributed by atoms with Crippen LogP contribution in [0.2, 0.25) is 0 Å². The Morgan fingerprint density at radius 1 is 1.31 bits per heavy atom. The van der Waals surface area contributed by atoms with E-state index in [-0.39, 0.29) is 5.82 Å². The van der Waals surface area contributed by atoms with Crippen LogP contribution >= 0.6 is 21.6 Å². The molecule has 0 radical (unpaired) electrons. The number of aryl methyl sites for hydroxylation is 1. The van der Waals surface area contributed by atoms with Crippen LogP contribution in [-0.2, 0) is 0 Å². The molecule has 1 aromatic heterocycles. The zero-order chi connectivity index (χ0) is 11.7. The van der Waals surface area contributed by atoms with Crippen molar-refractivity contribution in [2.24, 2.45) is 0 Å². The Morgan fingerprint density at radius 2 is 2.06 bits per heavy atom. The number of anilines is 1. The van der Waals surface area contributed by atoms with Crippen molar-refractivity contribution in [3.05, 3.63) is 23.8 Å². The quantitative estimate of drug-likeness (QED) is 0.836. The number of nitrogens with zero attached hydrogens (tertiary/aromatic N) is 2. The zero-order valence-corrected chi connectivity index (χ0v) is 10.5. The standard InChI is InChI=1S/C10H10FN3S2/c1-5-13-7-3-6(11)4-8(16-15-2)9(7)10(12)14-5/h3-4H,1-2H3,(H2,12,13,14). The fraction of sp³-hybridized carbons (Fsp3) is 0.200. The Kier molecular flexibility index (Phi) is 3.20. The molecule has 0 fully saturated rings. The second-order valence-electron chi connectivity index (χ2n) is 3.20. The van der Waals surface area contributed by atoms with Crippen molar-refractivity contribution < 1.29 is 4.39 Å². The first-order valence-corrected chi connectivity index (χ1v) is 7.11. The van der Waals surface area contributed by atoms with Gasteiger partial charge in [-0.25, -0.2) is 14.4 Å². The Labute approximate surface area is 100 Å². The maximum atomic E-state index is 13.4. The van der Waals surface area contributed by atoms with Gasteiger partial charge in [0.15, 0.2) is 0 Å². The molecule has 0 aliphatic heterocycles. The fourth-order valence-electron chi connectivity index (χ4n) is 1.50. The molecule has 0 aliphatic rings. The molecule has 1 heterocycles. The first kappa shape index (κ1) is 11.5. The predicted octanol–water partition coefficient (Wildman–Crippen LogP) is 3.03. The largest absolute Gasteiger partial charge is 0.383 e. The molecule has 0 bridgehead atoms. The average molecular weight is 255 g/mol. The van der Waals surface area contributed by atoms with E-state index in [9.17, 15) is 4.39 Å². The van der Waals surface area contributed by atoms with Crippen molar-refractivity contribution in [1.82, 2.24) is 9.97 Å². The van der Waals surface area contributed by atoms with Gasteiger partial charge < -0.3 is 5.73 Å². The van der Waals surface area contributed by atoms with Gasteiger partial charge in [-0.3, -0.25) is 0 Å². The molecule has 0 saturated carbocycles. The molecular weight excluding hydrogens is 245 g/mol. The number of nitrogen functional groups attached to an aromatic ring is 1. The van der Waals surface area contributed by atoms with Crippen LogP contribution in [0.25, 0.3) is 10.9 Å². The monoisotopic (exact) mass is 255 g/mol. The predicted molar refractivity (Wildman–Crippen MR) is 68.0 cm³/mol. The minimum absolute atomic E-state index is 0.304. The molecular formula is C10H10FN3S2. The summed E-state index contributed by atoms with van der Waals surface area (Å²) in [5, 5.41) is 0.728.